The van der Waals surface area contributed by atoms with Crippen LogP contribution in [0.25, 0.3) is 0 Å². The van der Waals surface area contributed by atoms with Crippen molar-refractivity contribution < 1.29 is 14.3 Å². The first kappa shape index (κ1) is 20.8. The van der Waals surface area contributed by atoms with E-state index >= 15 is 0 Å². The second kappa shape index (κ2) is 7.93. The quantitative estimate of drug-likeness (QED) is 0.201. The van der Waals surface area contributed by atoms with E-state index < -0.39 is 0 Å². The first-order valence-corrected chi connectivity index (χ1v) is 12.9. The molecule has 162 valence electrons. The van der Waals surface area contributed by atoms with Gasteiger partial charge in [-0.3, -0.25) is 9.59 Å². The van der Waals surface area contributed by atoms with Crippen LogP contribution in [0.2, 0.25) is 0 Å². The lowest BCUT2D eigenvalue weighted by atomic mass is 9.63. The summed E-state index contributed by atoms with van der Waals surface area (Å²) in [6, 6.07) is 14.0. The van der Waals surface area contributed by atoms with Gasteiger partial charge in [0.25, 0.3) is 11.8 Å². The van der Waals surface area contributed by atoms with Gasteiger partial charge in [0, 0.05) is 0 Å². The van der Waals surface area contributed by atoms with Crippen molar-refractivity contribution in [2.45, 2.75) is 13.0 Å². The second-order valence-electron chi connectivity index (χ2n) is 8.98. The van der Waals surface area contributed by atoms with E-state index in [0.29, 0.717) is 18.4 Å². The Morgan fingerprint density at radius 2 is 1.56 bits per heavy atom. The molecule has 2 saturated carbocycles. The molecule has 2 amide bonds. The van der Waals surface area contributed by atoms with Crippen LogP contribution >= 0.6 is 45.2 Å². The van der Waals surface area contributed by atoms with Gasteiger partial charge in [-0.05, 0) is 98.5 Å². The molecule has 4 aliphatic carbocycles. The number of hydrazone groups is 1. The molecule has 1 aliphatic heterocycles. The molecular weight excluding hydrogens is 630 g/mol. The molecule has 0 radical (unpaired) electrons. The van der Waals surface area contributed by atoms with Gasteiger partial charge in [0.2, 0.25) is 0 Å². The van der Waals surface area contributed by atoms with Crippen LogP contribution in [0.3, 0.4) is 0 Å². The van der Waals surface area contributed by atoms with Crippen molar-refractivity contribution in [1.29, 1.82) is 0 Å². The molecule has 0 spiro atoms. The number of carbonyl (C=O) groups excluding carboxylic acids is 2. The van der Waals surface area contributed by atoms with Crippen LogP contribution in [-0.4, -0.2) is 23.0 Å². The summed E-state index contributed by atoms with van der Waals surface area (Å²) < 4.78 is 7.96. The fourth-order valence-corrected chi connectivity index (χ4v) is 7.83. The highest BCUT2D eigenvalue weighted by Crippen LogP contribution is 2.65. The zero-order valence-corrected chi connectivity index (χ0v) is 21.3. The minimum absolute atomic E-state index is 0.131. The van der Waals surface area contributed by atoms with Gasteiger partial charge in [-0.2, -0.15) is 10.1 Å². The topological polar surface area (TPSA) is 59.0 Å². The summed E-state index contributed by atoms with van der Waals surface area (Å²) >= 11 is 4.50. The fraction of sp³-hybridized carbons (Fsp3) is 0.320. The Kier molecular flexibility index (Phi) is 5.16. The van der Waals surface area contributed by atoms with Gasteiger partial charge in [-0.25, -0.2) is 0 Å². The summed E-state index contributed by atoms with van der Waals surface area (Å²) in [4.78, 5) is 26.1. The zero-order chi connectivity index (χ0) is 22.0. The first-order valence-electron chi connectivity index (χ1n) is 10.8. The van der Waals surface area contributed by atoms with Gasteiger partial charge < -0.3 is 4.74 Å². The number of hydrogen-bond acceptors (Lipinski definition) is 4. The number of hydrogen-bond donors (Lipinski definition) is 0. The van der Waals surface area contributed by atoms with Crippen LogP contribution in [0, 0.1) is 42.6 Å². The van der Waals surface area contributed by atoms with E-state index in [4.69, 9.17) is 4.74 Å². The summed E-state index contributed by atoms with van der Waals surface area (Å²) in [6.07, 6.45) is 7.14. The third kappa shape index (κ3) is 3.34. The highest BCUT2D eigenvalue weighted by atomic mass is 127. The summed E-state index contributed by atoms with van der Waals surface area (Å²) in [5.74, 6) is 1.76. The van der Waals surface area contributed by atoms with Crippen LogP contribution in [-0.2, 0) is 16.2 Å². The third-order valence-electron chi connectivity index (χ3n) is 7.21. The Morgan fingerprint density at radius 1 is 0.969 bits per heavy atom. The lowest BCUT2D eigenvalue weighted by Crippen LogP contribution is -2.40. The standard InChI is InChI=1S/C25H20I2N2O3/c26-19-8-14(9-20(27)23(19)32-12-13-4-2-1-3-5-13)11-28-29-24(30)21-15-6-7-16(18-10-17(15)18)22(21)25(29)31/h1-9,11,15-18,21-22H,10,12H2/b28-11-/t15-,16-,17-,18+,21+,22+/m0/s1. The van der Waals surface area contributed by atoms with E-state index in [-0.39, 0.29) is 35.5 Å². The maximum atomic E-state index is 13.1. The summed E-state index contributed by atoms with van der Waals surface area (Å²) in [6.45, 7) is 0.498. The Hall–Kier alpha value is -1.75. The van der Waals surface area contributed by atoms with Crippen LogP contribution in [0.5, 0.6) is 5.75 Å². The molecule has 0 unspecified atom stereocenters. The van der Waals surface area contributed by atoms with Crippen molar-refractivity contribution in [3.05, 3.63) is 72.9 Å². The van der Waals surface area contributed by atoms with Gasteiger partial charge in [0.15, 0.2) is 0 Å². The van der Waals surface area contributed by atoms with E-state index in [1.807, 2.05) is 42.5 Å². The molecule has 32 heavy (non-hydrogen) atoms. The zero-order valence-electron chi connectivity index (χ0n) is 17.0. The van der Waals surface area contributed by atoms with Crippen LogP contribution < -0.4 is 4.74 Å². The SMILES string of the molecule is O=C1[C@@H]2[C@H]3C=C[C@@H]([C@@H]4C[C@H]34)[C@H]2C(=O)N1/N=C\c1cc(I)c(OCc2ccccc2)c(I)c1. The molecule has 1 heterocycles. The Labute approximate surface area is 213 Å². The number of halogens is 2. The van der Waals surface area contributed by atoms with E-state index in [1.165, 1.54) is 0 Å². The molecule has 7 rings (SSSR count). The van der Waals surface area contributed by atoms with E-state index in [1.54, 1.807) is 6.21 Å². The Balaban J connectivity index is 1.19. The Morgan fingerprint density at radius 3 is 2.16 bits per heavy atom. The number of benzene rings is 2. The second-order valence-corrected chi connectivity index (χ2v) is 11.3. The minimum atomic E-state index is -0.215. The molecule has 5 nitrogen and oxygen atoms in total. The molecule has 0 aromatic heterocycles. The summed E-state index contributed by atoms with van der Waals surface area (Å²) in [5, 5.41) is 5.49. The van der Waals surface area contributed by atoms with Gasteiger partial charge in [-0.15, -0.1) is 0 Å². The van der Waals surface area contributed by atoms with Gasteiger partial charge in [0.1, 0.15) is 12.4 Å². The maximum absolute atomic E-state index is 13.1. The molecule has 2 aromatic carbocycles. The average molecular weight is 650 g/mol. The summed E-state index contributed by atoms with van der Waals surface area (Å²) in [5.41, 5.74) is 1.95. The number of carbonyl (C=O) groups is 2. The van der Waals surface area contributed by atoms with Crippen LogP contribution in [0.4, 0.5) is 0 Å². The molecule has 6 atom stereocenters. The average Bonchev–Trinajstić information content (AvgIpc) is 3.57. The minimum Gasteiger partial charge on any atom is -0.487 e. The van der Waals surface area contributed by atoms with Crippen molar-refractivity contribution in [1.82, 2.24) is 5.01 Å². The van der Waals surface area contributed by atoms with Crippen molar-refractivity contribution >= 4 is 63.2 Å². The van der Waals surface area contributed by atoms with Gasteiger partial charge >= 0.3 is 0 Å². The molecule has 3 fully saturated rings. The van der Waals surface area contributed by atoms with E-state index in [0.717, 1.165) is 35.4 Å². The highest BCUT2D eigenvalue weighted by Gasteiger charge is 2.67. The van der Waals surface area contributed by atoms with Gasteiger partial charge in [0.05, 0.1) is 25.2 Å². The molecule has 7 heteroatoms. The monoisotopic (exact) mass is 650 g/mol. The molecule has 5 aliphatic rings. The molecular formula is C25H20I2N2O3. The third-order valence-corrected chi connectivity index (χ3v) is 8.81. The van der Waals surface area contributed by atoms with Crippen molar-refractivity contribution in [3.63, 3.8) is 0 Å². The van der Waals surface area contributed by atoms with Gasteiger partial charge in [-0.1, -0.05) is 42.5 Å². The molecule has 1 saturated heterocycles. The fourth-order valence-electron chi connectivity index (χ4n) is 5.70. The van der Waals surface area contributed by atoms with Crippen molar-refractivity contribution in [2.24, 2.45) is 40.6 Å². The number of rotatable bonds is 5. The maximum Gasteiger partial charge on any atom is 0.254 e. The lowest BCUT2D eigenvalue weighted by molar-refractivity contribution is -0.140. The smallest absolute Gasteiger partial charge is 0.254 e. The van der Waals surface area contributed by atoms with E-state index in [9.17, 15) is 9.59 Å². The normalized spacial score (nSPS) is 31.9. The van der Waals surface area contributed by atoms with Crippen LogP contribution in [0.1, 0.15) is 17.5 Å². The molecule has 2 aromatic rings. The molecule has 0 N–H and O–H groups in total. The van der Waals surface area contributed by atoms with Crippen molar-refractivity contribution in [2.75, 3.05) is 0 Å². The predicted molar refractivity (Wildman–Crippen MR) is 137 cm³/mol. The highest BCUT2D eigenvalue weighted by molar-refractivity contribution is 14.1. The van der Waals surface area contributed by atoms with Crippen molar-refractivity contribution in [3.8, 4) is 5.75 Å². The Bertz CT molecular complexity index is 1120. The number of nitrogens with zero attached hydrogens (tertiary/aromatic N) is 2. The number of allylic oxidation sites excluding steroid dienone is 2. The van der Waals surface area contributed by atoms with E-state index in [2.05, 4.69) is 62.4 Å². The number of ether oxygens (including phenoxy) is 1. The summed E-state index contributed by atoms with van der Waals surface area (Å²) in [7, 11) is 0. The predicted octanol–water partition coefficient (Wildman–Crippen LogP) is 4.86. The number of imide groups is 1. The largest absolute Gasteiger partial charge is 0.487 e. The van der Waals surface area contributed by atoms with Crippen LogP contribution in [0.15, 0.2) is 59.7 Å². The number of amides is 2. The first-order chi connectivity index (χ1) is 15.5. The lowest BCUT2D eigenvalue weighted by Gasteiger charge is -2.37. The molecule has 2 bridgehead atoms.